The highest BCUT2D eigenvalue weighted by atomic mass is 35.5. The van der Waals surface area contributed by atoms with E-state index in [2.05, 4.69) is 4.98 Å². The summed E-state index contributed by atoms with van der Waals surface area (Å²) in [6.07, 6.45) is 0. The van der Waals surface area contributed by atoms with Gasteiger partial charge in [0.15, 0.2) is 0 Å². The van der Waals surface area contributed by atoms with E-state index in [1.165, 1.54) is 23.5 Å². The van der Waals surface area contributed by atoms with E-state index in [-0.39, 0.29) is 5.82 Å². The molecular formula is C13H6Cl2FNS. The molecule has 5 heteroatoms. The molecule has 0 aliphatic rings. The van der Waals surface area contributed by atoms with Crippen LogP contribution >= 0.6 is 34.5 Å². The molecule has 0 aliphatic carbocycles. The van der Waals surface area contributed by atoms with Crippen LogP contribution in [0.2, 0.25) is 10.0 Å². The molecule has 0 fully saturated rings. The number of benzene rings is 2. The van der Waals surface area contributed by atoms with Gasteiger partial charge in [0.05, 0.1) is 10.2 Å². The van der Waals surface area contributed by atoms with Crippen LogP contribution in [0.5, 0.6) is 0 Å². The maximum atomic E-state index is 13.1. The van der Waals surface area contributed by atoms with Crippen molar-refractivity contribution in [1.82, 2.24) is 4.98 Å². The van der Waals surface area contributed by atoms with E-state index in [9.17, 15) is 4.39 Å². The zero-order valence-electron chi connectivity index (χ0n) is 8.95. The molecule has 1 heterocycles. The fourth-order valence-electron chi connectivity index (χ4n) is 1.70. The van der Waals surface area contributed by atoms with Gasteiger partial charge in [0.1, 0.15) is 10.8 Å². The van der Waals surface area contributed by atoms with Crippen molar-refractivity contribution in [3.05, 3.63) is 52.3 Å². The van der Waals surface area contributed by atoms with Gasteiger partial charge in [0.25, 0.3) is 0 Å². The predicted octanol–water partition coefficient (Wildman–Crippen LogP) is 5.41. The number of aromatic nitrogens is 1. The topological polar surface area (TPSA) is 12.9 Å². The Morgan fingerprint density at radius 3 is 2.44 bits per heavy atom. The van der Waals surface area contributed by atoms with Crippen LogP contribution in [-0.2, 0) is 0 Å². The van der Waals surface area contributed by atoms with Crippen molar-refractivity contribution in [1.29, 1.82) is 0 Å². The fourth-order valence-corrected chi connectivity index (χ4v) is 3.20. The summed E-state index contributed by atoms with van der Waals surface area (Å²) in [7, 11) is 0. The Hall–Kier alpha value is -1.16. The first-order valence-corrected chi connectivity index (χ1v) is 6.71. The minimum atomic E-state index is -0.262. The molecule has 0 unspecified atom stereocenters. The van der Waals surface area contributed by atoms with Crippen LogP contribution in [-0.4, -0.2) is 4.98 Å². The van der Waals surface area contributed by atoms with Gasteiger partial charge in [-0.2, -0.15) is 0 Å². The van der Waals surface area contributed by atoms with Crippen LogP contribution in [0.15, 0.2) is 36.4 Å². The minimum absolute atomic E-state index is 0.262. The first-order chi connectivity index (χ1) is 8.61. The van der Waals surface area contributed by atoms with Crippen molar-refractivity contribution in [3.8, 4) is 10.6 Å². The molecular weight excluding hydrogens is 292 g/mol. The summed E-state index contributed by atoms with van der Waals surface area (Å²) in [5.74, 6) is -0.262. The zero-order valence-corrected chi connectivity index (χ0v) is 11.3. The summed E-state index contributed by atoms with van der Waals surface area (Å²) < 4.78 is 13.9. The lowest BCUT2D eigenvalue weighted by atomic mass is 10.2. The smallest absolute Gasteiger partial charge is 0.124 e. The van der Waals surface area contributed by atoms with Gasteiger partial charge in [0, 0.05) is 15.6 Å². The number of hydrogen-bond donors (Lipinski definition) is 0. The van der Waals surface area contributed by atoms with Gasteiger partial charge in [-0.1, -0.05) is 23.2 Å². The maximum Gasteiger partial charge on any atom is 0.124 e. The van der Waals surface area contributed by atoms with E-state index in [0.29, 0.717) is 10.0 Å². The lowest BCUT2D eigenvalue weighted by Gasteiger charge is -1.98. The molecule has 3 aromatic rings. The summed E-state index contributed by atoms with van der Waals surface area (Å²) in [6, 6.07) is 9.79. The van der Waals surface area contributed by atoms with Gasteiger partial charge >= 0.3 is 0 Å². The van der Waals surface area contributed by atoms with E-state index in [1.54, 1.807) is 24.3 Å². The Kier molecular flexibility index (Phi) is 2.98. The molecule has 3 rings (SSSR count). The highest BCUT2D eigenvalue weighted by Gasteiger charge is 2.08. The van der Waals surface area contributed by atoms with Crippen LogP contribution in [0.1, 0.15) is 0 Å². The van der Waals surface area contributed by atoms with Crippen molar-refractivity contribution in [2.45, 2.75) is 0 Å². The molecule has 0 spiro atoms. The molecule has 18 heavy (non-hydrogen) atoms. The first-order valence-electron chi connectivity index (χ1n) is 5.14. The van der Waals surface area contributed by atoms with Crippen molar-refractivity contribution < 1.29 is 4.39 Å². The van der Waals surface area contributed by atoms with Crippen LogP contribution in [0, 0.1) is 5.82 Å². The van der Waals surface area contributed by atoms with E-state index in [0.717, 1.165) is 20.8 Å². The molecule has 0 saturated heterocycles. The monoisotopic (exact) mass is 297 g/mol. The normalized spacial score (nSPS) is 11.1. The molecule has 1 aromatic heterocycles. The van der Waals surface area contributed by atoms with Crippen LogP contribution in [0.4, 0.5) is 4.39 Å². The second-order valence-electron chi connectivity index (χ2n) is 3.79. The second-order valence-corrected chi connectivity index (χ2v) is 5.69. The van der Waals surface area contributed by atoms with E-state index in [4.69, 9.17) is 23.2 Å². The molecule has 0 saturated carbocycles. The molecule has 2 aromatic carbocycles. The van der Waals surface area contributed by atoms with E-state index >= 15 is 0 Å². The Morgan fingerprint density at radius 2 is 1.72 bits per heavy atom. The van der Waals surface area contributed by atoms with Crippen LogP contribution in [0.3, 0.4) is 0 Å². The van der Waals surface area contributed by atoms with Crippen molar-refractivity contribution in [2.24, 2.45) is 0 Å². The number of hydrogen-bond acceptors (Lipinski definition) is 2. The zero-order chi connectivity index (χ0) is 12.7. The molecule has 0 N–H and O–H groups in total. The number of nitrogens with zero attached hydrogens (tertiary/aromatic N) is 1. The predicted molar refractivity (Wildman–Crippen MR) is 75.0 cm³/mol. The van der Waals surface area contributed by atoms with Gasteiger partial charge in [-0.3, -0.25) is 0 Å². The fraction of sp³-hybridized carbons (Fsp3) is 0. The summed E-state index contributed by atoms with van der Waals surface area (Å²) in [5.41, 5.74) is 1.61. The summed E-state index contributed by atoms with van der Waals surface area (Å²) >= 11 is 13.3. The van der Waals surface area contributed by atoms with Crippen molar-refractivity contribution in [3.63, 3.8) is 0 Å². The standard InChI is InChI=1S/C13H6Cl2FNS/c14-8-3-7(4-9(15)5-8)13-17-11-2-1-10(16)6-12(11)18-13/h1-6H. The number of thiazole rings is 1. The first kappa shape index (κ1) is 11.9. The highest BCUT2D eigenvalue weighted by Crippen LogP contribution is 2.33. The molecule has 90 valence electrons. The molecule has 0 bridgehead atoms. The quantitative estimate of drug-likeness (QED) is 0.585. The van der Waals surface area contributed by atoms with Gasteiger partial charge < -0.3 is 0 Å². The van der Waals surface area contributed by atoms with Gasteiger partial charge in [-0.05, 0) is 36.4 Å². The Bertz CT molecular complexity index is 719. The number of rotatable bonds is 1. The average Bonchev–Trinajstić information content (AvgIpc) is 2.70. The molecule has 1 nitrogen and oxygen atoms in total. The second kappa shape index (κ2) is 4.50. The van der Waals surface area contributed by atoms with Gasteiger partial charge in [0.2, 0.25) is 0 Å². The largest absolute Gasteiger partial charge is 0.236 e. The Morgan fingerprint density at radius 1 is 1.00 bits per heavy atom. The molecule has 0 radical (unpaired) electrons. The third kappa shape index (κ3) is 2.21. The number of halogens is 3. The summed E-state index contributed by atoms with van der Waals surface area (Å²) in [4.78, 5) is 4.44. The number of fused-ring (bicyclic) bond motifs is 1. The highest BCUT2D eigenvalue weighted by molar-refractivity contribution is 7.21. The van der Waals surface area contributed by atoms with Crippen molar-refractivity contribution >= 4 is 44.8 Å². The Labute approximate surface area is 117 Å². The Balaban J connectivity index is 2.19. The summed E-state index contributed by atoms with van der Waals surface area (Å²) in [6.45, 7) is 0. The van der Waals surface area contributed by atoms with E-state index < -0.39 is 0 Å². The summed E-state index contributed by atoms with van der Waals surface area (Å²) in [5, 5.41) is 1.89. The maximum absolute atomic E-state index is 13.1. The molecule has 0 aliphatic heterocycles. The van der Waals surface area contributed by atoms with Gasteiger partial charge in [-0.25, -0.2) is 9.37 Å². The molecule has 0 atom stereocenters. The van der Waals surface area contributed by atoms with Crippen molar-refractivity contribution in [2.75, 3.05) is 0 Å². The average molecular weight is 298 g/mol. The third-order valence-corrected chi connectivity index (χ3v) is 3.96. The van der Waals surface area contributed by atoms with E-state index in [1.807, 2.05) is 0 Å². The van der Waals surface area contributed by atoms with Crippen LogP contribution < -0.4 is 0 Å². The molecule has 0 amide bonds. The minimum Gasteiger partial charge on any atom is -0.236 e. The van der Waals surface area contributed by atoms with Crippen LogP contribution in [0.25, 0.3) is 20.8 Å². The lowest BCUT2D eigenvalue weighted by molar-refractivity contribution is 0.630. The lowest BCUT2D eigenvalue weighted by Crippen LogP contribution is -1.77. The SMILES string of the molecule is Fc1ccc2nc(-c3cc(Cl)cc(Cl)c3)sc2c1. The van der Waals surface area contributed by atoms with Gasteiger partial charge in [-0.15, -0.1) is 11.3 Å². The third-order valence-electron chi connectivity index (χ3n) is 2.46.